The molecule has 0 heterocycles. The van der Waals surface area contributed by atoms with Crippen LogP contribution in [0.2, 0.25) is 0 Å². The molecule has 0 aliphatic rings. The lowest BCUT2D eigenvalue weighted by Crippen LogP contribution is -2.31. The van der Waals surface area contributed by atoms with Crippen LogP contribution in [-0.2, 0) is 14.3 Å². The predicted octanol–water partition coefficient (Wildman–Crippen LogP) is 2.11. The minimum absolute atomic E-state index is 0.0000664. The van der Waals surface area contributed by atoms with E-state index in [1.165, 1.54) is 0 Å². The number of para-hydroxylation sites is 1. The third-order valence-corrected chi connectivity index (χ3v) is 2.73. The van der Waals surface area contributed by atoms with Crippen LogP contribution in [0.3, 0.4) is 0 Å². The van der Waals surface area contributed by atoms with Crippen LogP contribution in [0.15, 0.2) is 24.3 Å². The van der Waals surface area contributed by atoms with Gasteiger partial charge in [0, 0.05) is 12.5 Å². The minimum Gasteiger partial charge on any atom is -0.466 e. The van der Waals surface area contributed by atoms with Crippen LogP contribution in [0.5, 0.6) is 0 Å². The Morgan fingerprint density at radius 2 is 1.82 bits per heavy atom. The molecule has 0 fully saturated rings. The summed E-state index contributed by atoms with van der Waals surface area (Å²) in [5, 5.41) is 5.43. The normalized spacial score (nSPS) is 10.2. The number of carbonyl (C=O) groups excluding carboxylic acids is 3. The molecule has 120 valence electrons. The molecule has 1 rings (SSSR count). The molecule has 0 saturated carbocycles. The van der Waals surface area contributed by atoms with Gasteiger partial charge in [-0.1, -0.05) is 12.1 Å². The molecule has 1 aromatic carbocycles. The highest BCUT2D eigenvalue weighted by Gasteiger charge is 2.14. The van der Waals surface area contributed by atoms with Crippen LogP contribution in [0.4, 0.5) is 5.69 Å². The zero-order valence-corrected chi connectivity index (χ0v) is 13.1. The van der Waals surface area contributed by atoms with E-state index in [0.717, 1.165) is 0 Å². The molecule has 6 nitrogen and oxygen atoms in total. The van der Waals surface area contributed by atoms with Crippen molar-refractivity contribution in [2.45, 2.75) is 39.7 Å². The molecule has 0 spiro atoms. The van der Waals surface area contributed by atoms with Gasteiger partial charge in [-0.15, -0.1) is 0 Å². The van der Waals surface area contributed by atoms with Crippen LogP contribution >= 0.6 is 0 Å². The Labute approximate surface area is 130 Å². The fraction of sp³-hybridized carbons (Fsp3) is 0.438. The van der Waals surface area contributed by atoms with Crippen molar-refractivity contribution in [3.8, 4) is 0 Å². The van der Waals surface area contributed by atoms with Crippen molar-refractivity contribution in [3.05, 3.63) is 29.8 Å². The van der Waals surface area contributed by atoms with Gasteiger partial charge in [0.15, 0.2) is 0 Å². The second-order valence-corrected chi connectivity index (χ2v) is 5.03. The third-order valence-electron chi connectivity index (χ3n) is 2.73. The molecule has 0 atom stereocenters. The smallest absolute Gasteiger partial charge is 0.306 e. The summed E-state index contributed by atoms with van der Waals surface area (Å²) in [7, 11) is 0. The SMILES string of the molecule is CCOC(=O)CCC(=O)Nc1ccccc1C(=O)NC(C)C. The van der Waals surface area contributed by atoms with Crippen LogP contribution in [0, 0.1) is 0 Å². The first-order valence-electron chi connectivity index (χ1n) is 7.29. The molecule has 2 amide bonds. The van der Waals surface area contributed by atoms with Crippen LogP contribution in [-0.4, -0.2) is 30.4 Å². The van der Waals surface area contributed by atoms with E-state index < -0.39 is 5.97 Å². The van der Waals surface area contributed by atoms with E-state index in [1.807, 2.05) is 13.8 Å². The van der Waals surface area contributed by atoms with Crippen molar-refractivity contribution in [2.75, 3.05) is 11.9 Å². The average Bonchev–Trinajstić information content (AvgIpc) is 2.45. The molecular formula is C16H22N2O4. The summed E-state index contributed by atoms with van der Waals surface area (Å²) < 4.78 is 4.77. The largest absolute Gasteiger partial charge is 0.466 e. The first kappa shape index (κ1) is 17.7. The molecule has 0 aliphatic heterocycles. The van der Waals surface area contributed by atoms with E-state index in [1.54, 1.807) is 31.2 Å². The van der Waals surface area contributed by atoms with Gasteiger partial charge in [0.25, 0.3) is 5.91 Å². The average molecular weight is 306 g/mol. The summed E-state index contributed by atoms with van der Waals surface area (Å²) in [4.78, 5) is 35.2. The van der Waals surface area contributed by atoms with E-state index in [9.17, 15) is 14.4 Å². The second kappa shape index (κ2) is 8.81. The Morgan fingerprint density at radius 1 is 1.14 bits per heavy atom. The van der Waals surface area contributed by atoms with E-state index in [2.05, 4.69) is 10.6 Å². The van der Waals surface area contributed by atoms with Crippen LogP contribution in [0.1, 0.15) is 44.0 Å². The van der Waals surface area contributed by atoms with Crippen molar-refractivity contribution in [1.82, 2.24) is 5.32 Å². The van der Waals surface area contributed by atoms with E-state index in [0.29, 0.717) is 17.9 Å². The molecule has 0 radical (unpaired) electrons. The summed E-state index contributed by atoms with van der Waals surface area (Å²) in [5.41, 5.74) is 0.815. The number of hydrogen-bond donors (Lipinski definition) is 2. The van der Waals surface area contributed by atoms with Gasteiger partial charge in [0.1, 0.15) is 0 Å². The van der Waals surface area contributed by atoms with Gasteiger partial charge in [0.2, 0.25) is 5.91 Å². The maximum absolute atomic E-state index is 12.1. The number of carbonyl (C=O) groups is 3. The van der Waals surface area contributed by atoms with E-state index in [4.69, 9.17) is 4.74 Å². The quantitative estimate of drug-likeness (QED) is 0.756. The topological polar surface area (TPSA) is 84.5 Å². The van der Waals surface area contributed by atoms with Gasteiger partial charge >= 0.3 is 5.97 Å². The van der Waals surface area contributed by atoms with Gasteiger partial charge < -0.3 is 15.4 Å². The molecule has 0 saturated heterocycles. The van der Waals surface area contributed by atoms with Crippen molar-refractivity contribution in [3.63, 3.8) is 0 Å². The summed E-state index contributed by atoms with van der Waals surface area (Å²) >= 11 is 0. The number of benzene rings is 1. The summed E-state index contributed by atoms with van der Waals surface area (Å²) in [6, 6.07) is 6.74. The number of nitrogens with one attached hydrogen (secondary N) is 2. The molecule has 0 aliphatic carbocycles. The molecule has 2 N–H and O–H groups in total. The van der Waals surface area contributed by atoms with Gasteiger partial charge in [-0.2, -0.15) is 0 Å². The minimum atomic E-state index is -0.413. The molecular weight excluding hydrogens is 284 g/mol. The molecule has 0 bridgehead atoms. The Balaban J connectivity index is 2.67. The molecule has 0 aromatic heterocycles. The zero-order valence-electron chi connectivity index (χ0n) is 13.1. The number of amides is 2. The van der Waals surface area contributed by atoms with E-state index >= 15 is 0 Å². The first-order chi connectivity index (χ1) is 10.4. The Morgan fingerprint density at radius 3 is 2.45 bits per heavy atom. The number of ether oxygens (including phenoxy) is 1. The number of anilines is 1. The third kappa shape index (κ3) is 5.95. The molecule has 0 unspecified atom stereocenters. The first-order valence-corrected chi connectivity index (χ1v) is 7.29. The summed E-state index contributed by atoms with van der Waals surface area (Å²) in [6.07, 6.45) is 0.0268. The van der Waals surface area contributed by atoms with Crippen molar-refractivity contribution in [1.29, 1.82) is 0 Å². The number of hydrogen-bond acceptors (Lipinski definition) is 4. The van der Waals surface area contributed by atoms with Gasteiger partial charge in [-0.25, -0.2) is 0 Å². The number of esters is 1. The standard InChI is InChI=1S/C16H22N2O4/c1-4-22-15(20)10-9-14(19)18-13-8-6-5-7-12(13)16(21)17-11(2)3/h5-8,11H,4,9-10H2,1-3H3,(H,17,21)(H,18,19). The highest BCUT2D eigenvalue weighted by Crippen LogP contribution is 2.15. The lowest BCUT2D eigenvalue weighted by molar-refractivity contribution is -0.144. The molecule has 6 heteroatoms. The van der Waals surface area contributed by atoms with Crippen LogP contribution < -0.4 is 10.6 Å². The maximum atomic E-state index is 12.1. The second-order valence-electron chi connectivity index (χ2n) is 5.03. The Bertz CT molecular complexity index is 541. The number of rotatable bonds is 7. The van der Waals surface area contributed by atoms with Gasteiger partial charge in [0.05, 0.1) is 24.3 Å². The summed E-state index contributed by atoms with van der Waals surface area (Å²) in [6.45, 7) is 5.72. The zero-order chi connectivity index (χ0) is 16.5. The van der Waals surface area contributed by atoms with Crippen molar-refractivity contribution in [2.24, 2.45) is 0 Å². The lowest BCUT2D eigenvalue weighted by atomic mass is 10.1. The van der Waals surface area contributed by atoms with Crippen molar-refractivity contribution < 1.29 is 19.1 Å². The fourth-order valence-electron chi connectivity index (χ4n) is 1.79. The lowest BCUT2D eigenvalue weighted by Gasteiger charge is -2.13. The maximum Gasteiger partial charge on any atom is 0.306 e. The molecule has 1 aromatic rings. The van der Waals surface area contributed by atoms with Gasteiger partial charge in [-0.05, 0) is 32.9 Å². The van der Waals surface area contributed by atoms with Crippen molar-refractivity contribution >= 4 is 23.5 Å². The Hall–Kier alpha value is -2.37. The molecule has 22 heavy (non-hydrogen) atoms. The highest BCUT2D eigenvalue weighted by molar-refractivity contribution is 6.04. The highest BCUT2D eigenvalue weighted by atomic mass is 16.5. The predicted molar refractivity (Wildman–Crippen MR) is 83.5 cm³/mol. The monoisotopic (exact) mass is 306 g/mol. The van der Waals surface area contributed by atoms with Crippen LogP contribution in [0.25, 0.3) is 0 Å². The van der Waals surface area contributed by atoms with Gasteiger partial charge in [-0.3, -0.25) is 14.4 Å². The fourth-order valence-corrected chi connectivity index (χ4v) is 1.79. The Kier molecular flexibility index (Phi) is 7.08. The summed E-state index contributed by atoms with van der Waals surface area (Å²) in [5.74, 6) is -1.00. The van der Waals surface area contributed by atoms with E-state index in [-0.39, 0.29) is 30.7 Å².